The molecule has 8 rings (SSSR count). The van der Waals surface area contributed by atoms with Crippen LogP contribution in [0.5, 0.6) is 0 Å². The summed E-state index contributed by atoms with van der Waals surface area (Å²) in [6.45, 7) is 6.01. The van der Waals surface area contributed by atoms with Crippen LogP contribution in [0, 0.1) is 17.3 Å². The van der Waals surface area contributed by atoms with E-state index in [1.54, 1.807) is 31.7 Å². The first-order valence-electron chi connectivity index (χ1n) is 24.7. The fourth-order valence-electron chi connectivity index (χ4n) is 9.83. The molecular weight excluding hydrogens is 1010 g/mol. The van der Waals surface area contributed by atoms with Gasteiger partial charge >= 0.3 is 13.3 Å². The molecule has 0 bridgehead atoms. The molecule has 0 radical (unpaired) electrons. The number of carbonyl (C=O) groups excluding carboxylic acids is 8. The first-order valence-corrected chi connectivity index (χ1v) is 27.1. The Kier molecular flexibility index (Phi) is 16.2. The van der Waals surface area contributed by atoms with Crippen LogP contribution in [0.1, 0.15) is 125 Å². The molecule has 3 saturated heterocycles. The molecule has 75 heavy (non-hydrogen) atoms. The molecule has 2 unspecified atom stereocenters. The van der Waals surface area contributed by atoms with Crippen molar-refractivity contribution in [3.8, 4) is 11.8 Å². The first-order chi connectivity index (χ1) is 35.5. The summed E-state index contributed by atoms with van der Waals surface area (Å²) in [5.74, 6) is 1.75. The average molecular weight is 1070 g/mol. The highest BCUT2D eigenvalue weighted by Crippen LogP contribution is 2.59. The first kappa shape index (κ1) is 54.6. The van der Waals surface area contributed by atoms with Gasteiger partial charge < -0.3 is 35.0 Å². The maximum atomic E-state index is 14.8. The zero-order chi connectivity index (χ0) is 54.0. The lowest BCUT2D eigenvalue weighted by molar-refractivity contribution is -0.147. The lowest BCUT2D eigenvalue weighted by atomic mass is 9.85. The molecule has 0 saturated carbocycles. The van der Waals surface area contributed by atoms with Gasteiger partial charge in [-0.25, -0.2) is 0 Å². The molecule has 18 nitrogen and oxygen atoms in total. The van der Waals surface area contributed by atoms with Gasteiger partial charge in [-0.15, -0.1) is 11.3 Å². The number of imide groups is 2. The molecule has 5 atom stereocenters. The van der Waals surface area contributed by atoms with Crippen molar-refractivity contribution in [2.75, 3.05) is 32.8 Å². The number of unbranched alkanes of at least 4 members (excludes halogenated alkanes) is 2. The van der Waals surface area contributed by atoms with E-state index in [0.29, 0.717) is 49.2 Å². The minimum Gasteiger partial charge on any atom is -0.366 e. The molecule has 3 aromatic carbocycles. The topological polar surface area (TPSA) is 249 Å². The number of rotatable bonds is 15. The van der Waals surface area contributed by atoms with Crippen molar-refractivity contribution in [3.63, 3.8) is 0 Å². The predicted molar refractivity (Wildman–Crippen MR) is 270 cm³/mol. The number of fused-ring (bicyclic) bond motifs is 2. The quantitative estimate of drug-likeness (QED) is 0.0435. The van der Waals surface area contributed by atoms with E-state index in [4.69, 9.17) is 4.74 Å². The van der Waals surface area contributed by atoms with E-state index in [0.717, 1.165) is 46.8 Å². The van der Waals surface area contributed by atoms with Crippen molar-refractivity contribution < 1.29 is 66.2 Å². The van der Waals surface area contributed by atoms with Crippen LogP contribution in [0.4, 0.5) is 8.78 Å². The van der Waals surface area contributed by atoms with E-state index in [2.05, 4.69) is 27.8 Å². The minimum absolute atomic E-state index is 0.0148. The van der Waals surface area contributed by atoms with Gasteiger partial charge in [0.05, 0.1) is 22.1 Å². The number of halogens is 2. The molecule has 1 aromatic heterocycles. The number of amides is 8. The molecule has 0 spiro atoms. The third-order valence-corrected chi connectivity index (χ3v) is 16.0. The Morgan fingerprint density at radius 2 is 1.68 bits per heavy atom. The van der Waals surface area contributed by atoms with Gasteiger partial charge in [-0.1, -0.05) is 69.0 Å². The standard InChI is InChI=1S/C53H57F2N6O12PS/c1-52(2,3)45(58-47(65)42-26-34-25-35(17-20-41(34)75-42)53(54,55)74(70,71)72)51(69)60-29-36(27-40(60)50(68)59-23-11-15-33(28-59)32-13-8-6-9-14-32)73-30-44(63)56-22-10-5-4-7-12-31-16-18-37-38(24-31)49(67)61(48(37)66)39-19-21-43(62)57-46(39)64/h6,8-9,13-14,16-18,20,24-26,33,36,39-40,45H,4-5,10-11,15,19,21-23,27-30H2,1-3H3,(H,56,63)(H,58,65)(H,57,62,64)(H2,70,71,72)/t33?,36-,39?,40-,45+/m0/s1. The van der Waals surface area contributed by atoms with Gasteiger partial charge in [-0.3, -0.25) is 53.1 Å². The lowest BCUT2D eigenvalue weighted by Gasteiger charge is -2.38. The normalized spacial score (nSPS) is 20.6. The van der Waals surface area contributed by atoms with E-state index < -0.39 is 89.8 Å². The number of ether oxygens (including phenoxy) is 1. The Labute approximate surface area is 435 Å². The summed E-state index contributed by atoms with van der Waals surface area (Å²) in [6, 6.07) is 15.5. The Morgan fingerprint density at radius 3 is 2.40 bits per heavy atom. The summed E-state index contributed by atoms with van der Waals surface area (Å²) < 4.78 is 47.2. The summed E-state index contributed by atoms with van der Waals surface area (Å²) in [5.41, 5.74) is -4.42. The Bertz CT molecular complexity index is 3060. The number of hydrogen-bond acceptors (Lipinski definition) is 11. The zero-order valence-corrected chi connectivity index (χ0v) is 43.1. The van der Waals surface area contributed by atoms with Crippen LogP contribution < -0.4 is 16.0 Å². The van der Waals surface area contributed by atoms with Crippen LogP contribution in [-0.4, -0.2) is 129 Å². The molecule has 5 heterocycles. The Hall–Kier alpha value is -6.69. The summed E-state index contributed by atoms with van der Waals surface area (Å²) >= 11 is 0.942. The van der Waals surface area contributed by atoms with Crippen LogP contribution in [0.3, 0.4) is 0 Å². The third kappa shape index (κ3) is 12.1. The molecule has 5 N–H and O–H groups in total. The largest absolute Gasteiger partial charge is 0.399 e. The van der Waals surface area contributed by atoms with Gasteiger partial charge in [0.15, 0.2) is 0 Å². The van der Waals surface area contributed by atoms with Crippen LogP contribution in [0.15, 0.2) is 72.8 Å². The molecule has 4 aliphatic heterocycles. The number of alkyl halides is 2. The highest BCUT2D eigenvalue weighted by Gasteiger charge is 2.51. The maximum Gasteiger partial charge on any atom is 0.399 e. The Balaban J connectivity index is 0.879. The average Bonchev–Trinajstić information content (AvgIpc) is 4.07. The van der Waals surface area contributed by atoms with E-state index in [9.17, 15) is 61.5 Å². The van der Waals surface area contributed by atoms with Gasteiger partial charge in [-0.05, 0) is 84.9 Å². The molecule has 4 aliphatic rings. The van der Waals surface area contributed by atoms with Gasteiger partial charge in [-0.2, -0.15) is 8.78 Å². The maximum absolute atomic E-state index is 14.8. The molecular formula is C53H57F2N6O12PS. The number of nitrogens with zero attached hydrogens (tertiary/aromatic N) is 3. The SMILES string of the molecule is CC(C)(C)[C@H](NC(=O)c1cc2cc(C(F)(F)P(=O)(O)O)ccc2s1)C(=O)N1C[C@@H](OCC(=O)NCCCCC#Cc2ccc3c(c2)C(=O)N(C2CCC(=O)NC2=O)C3=O)C[C@H]1C(=O)N1CCCC(c2ccccc2)C1. The number of likely N-dealkylation sites (tertiary alicyclic amines) is 2. The smallest absolute Gasteiger partial charge is 0.366 e. The fraction of sp³-hybridized carbons (Fsp3) is 0.434. The molecule has 22 heteroatoms. The number of carbonyl (C=O) groups is 8. The summed E-state index contributed by atoms with van der Waals surface area (Å²) in [6.07, 6.45) is 2.65. The number of hydrogen-bond donors (Lipinski definition) is 5. The highest BCUT2D eigenvalue weighted by molar-refractivity contribution is 7.52. The zero-order valence-electron chi connectivity index (χ0n) is 41.4. The third-order valence-electron chi connectivity index (χ3n) is 13.8. The summed E-state index contributed by atoms with van der Waals surface area (Å²) in [5, 5.41) is 7.95. The van der Waals surface area contributed by atoms with E-state index in [1.165, 1.54) is 29.2 Å². The summed E-state index contributed by atoms with van der Waals surface area (Å²) in [7, 11) is -5.85. The van der Waals surface area contributed by atoms with Crippen molar-refractivity contribution in [1.29, 1.82) is 0 Å². The van der Waals surface area contributed by atoms with Crippen molar-refractivity contribution >= 4 is 76.3 Å². The monoisotopic (exact) mass is 1070 g/mol. The molecule has 3 fully saturated rings. The van der Waals surface area contributed by atoms with Crippen LogP contribution in [0.25, 0.3) is 10.1 Å². The van der Waals surface area contributed by atoms with Gasteiger partial charge in [0.25, 0.3) is 17.7 Å². The number of benzene rings is 3. The lowest BCUT2D eigenvalue weighted by Crippen LogP contribution is -2.58. The van der Waals surface area contributed by atoms with Gasteiger partial charge in [0.2, 0.25) is 29.5 Å². The predicted octanol–water partition coefficient (Wildman–Crippen LogP) is 5.40. The number of thiophene rings is 1. The molecule has 4 aromatic rings. The molecule has 396 valence electrons. The van der Waals surface area contributed by atoms with Crippen molar-refractivity contribution in [2.24, 2.45) is 5.41 Å². The number of piperidine rings is 2. The van der Waals surface area contributed by atoms with Gasteiger partial charge in [0, 0.05) is 67.2 Å². The highest BCUT2D eigenvalue weighted by atomic mass is 32.1. The number of nitrogens with one attached hydrogen (secondary N) is 3. The fourth-order valence-corrected chi connectivity index (χ4v) is 11.3. The van der Waals surface area contributed by atoms with Crippen LogP contribution in [-0.2, 0) is 38.9 Å². The van der Waals surface area contributed by atoms with Crippen molar-refractivity contribution in [1.82, 2.24) is 30.7 Å². The van der Waals surface area contributed by atoms with E-state index >= 15 is 0 Å². The summed E-state index contributed by atoms with van der Waals surface area (Å²) in [4.78, 5) is 129. The second-order valence-electron chi connectivity index (χ2n) is 20.2. The van der Waals surface area contributed by atoms with E-state index in [1.807, 2.05) is 30.3 Å². The van der Waals surface area contributed by atoms with Crippen LogP contribution >= 0.6 is 18.9 Å². The van der Waals surface area contributed by atoms with Crippen molar-refractivity contribution in [2.45, 2.75) is 108 Å². The minimum atomic E-state index is -5.85. The van der Waals surface area contributed by atoms with E-state index in [-0.39, 0.29) is 65.6 Å². The second kappa shape index (κ2) is 22.3. The second-order valence-corrected chi connectivity index (χ2v) is 23.0. The Morgan fingerprint density at radius 1 is 0.933 bits per heavy atom. The van der Waals surface area contributed by atoms with Crippen molar-refractivity contribution in [3.05, 3.63) is 105 Å². The molecule has 8 amide bonds. The van der Waals surface area contributed by atoms with Gasteiger partial charge in [0.1, 0.15) is 24.7 Å². The molecule has 0 aliphatic carbocycles. The van der Waals surface area contributed by atoms with Crippen LogP contribution in [0.2, 0.25) is 0 Å².